The zero-order valence-electron chi connectivity index (χ0n) is 10.3. The fraction of sp³-hybridized carbons (Fsp3) is 0.333. The average Bonchev–Trinajstić information content (AvgIpc) is 2.91. The fourth-order valence-corrected chi connectivity index (χ4v) is 4.66. The lowest BCUT2D eigenvalue weighted by Gasteiger charge is -2.18. The number of fused-ring (bicyclic) bond motifs is 1. The summed E-state index contributed by atoms with van der Waals surface area (Å²) in [5.41, 5.74) is 10.7. The smallest absolute Gasteiger partial charge is 0.0704 e. The Morgan fingerprint density at radius 2 is 1.89 bits per heavy atom. The van der Waals surface area contributed by atoms with Crippen LogP contribution in [0.15, 0.2) is 34.1 Å². The average molecular weight is 322 g/mol. The van der Waals surface area contributed by atoms with Crippen LogP contribution in [0.25, 0.3) is 0 Å². The fourth-order valence-electron chi connectivity index (χ4n) is 2.89. The number of thiophene rings is 1. The van der Waals surface area contributed by atoms with Gasteiger partial charge in [-0.15, -0.1) is 11.3 Å². The number of nitrogens with two attached hydrogens (primary N) is 1. The van der Waals surface area contributed by atoms with Gasteiger partial charge in [-0.05, 0) is 64.4 Å². The van der Waals surface area contributed by atoms with Crippen LogP contribution in [0.5, 0.6) is 0 Å². The van der Waals surface area contributed by atoms with Gasteiger partial charge < -0.3 is 5.73 Å². The molecule has 0 saturated heterocycles. The first kappa shape index (κ1) is 12.4. The highest BCUT2D eigenvalue weighted by Crippen LogP contribution is 2.38. The van der Waals surface area contributed by atoms with Crippen molar-refractivity contribution in [1.82, 2.24) is 0 Å². The third-order valence-corrected chi connectivity index (χ3v) is 5.44. The van der Waals surface area contributed by atoms with E-state index in [1.165, 1.54) is 25.4 Å². The molecule has 1 unspecified atom stereocenters. The van der Waals surface area contributed by atoms with Crippen LogP contribution >= 0.6 is 27.3 Å². The molecule has 2 aromatic rings. The summed E-state index contributed by atoms with van der Waals surface area (Å²) in [6.45, 7) is 2.16. The zero-order valence-corrected chi connectivity index (χ0v) is 12.7. The molecule has 1 nitrogen and oxygen atoms in total. The molecule has 1 aromatic heterocycles. The molecule has 2 N–H and O–H groups in total. The topological polar surface area (TPSA) is 26.0 Å². The molecule has 0 radical (unpaired) electrons. The van der Waals surface area contributed by atoms with Gasteiger partial charge in [0.05, 0.1) is 3.79 Å². The van der Waals surface area contributed by atoms with Crippen molar-refractivity contribution in [3.63, 3.8) is 0 Å². The molecule has 0 bridgehead atoms. The van der Waals surface area contributed by atoms with Gasteiger partial charge in [0.25, 0.3) is 0 Å². The quantitative estimate of drug-likeness (QED) is 0.879. The maximum absolute atomic E-state index is 6.48. The Kier molecular flexibility index (Phi) is 3.31. The van der Waals surface area contributed by atoms with E-state index < -0.39 is 0 Å². The van der Waals surface area contributed by atoms with Crippen molar-refractivity contribution in [1.29, 1.82) is 0 Å². The molecule has 0 aliphatic heterocycles. The van der Waals surface area contributed by atoms with E-state index in [2.05, 4.69) is 53.2 Å². The van der Waals surface area contributed by atoms with Crippen molar-refractivity contribution in [2.45, 2.75) is 25.8 Å². The van der Waals surface area contributed by atoms with Crippen LogP contribution in [0.3, 0.4) is 0 Å². The summed E-state index contributed by atoms with van der Waals surface area (Å²) in [5, 5.41) is 0. The molecule has 3 rings (SSSR count). The molecule has 18 heavy (non-hydrogen) atoms. The molecule has 1 aliphatic carbocycles. The van der Waals surface area contributed by atoms with Gasteiger partial charge in [0.1, 0.15) is 0 Å². The minimum Gasteiger partial charge on any atom is -0.324 e. The SMILES string of the molecule is Cc1sc(Br)cc1C(N)C1Cc2ccccc2C1. The Labute approximate surface area is 120 Å². The second-order valence-corrected chi connectivity index (χ2v) is 7.66. The normalized spacial score (nSPS) is 16.8. The van der Waals surface area contributed by atoms with Crippen LogP contribution < -0.4 is 5.73 Å². The Morgan fingerprint density at radius 1 is 1.28 bits per heavy atom. The molecule has 0 amide bonds. The largest absolute Gasteiger partial charge is 0.324 e. The predicted octanol–water partition coefficient (Wildman–Crippen LogP) is 4.23. The maximum atomic E-state index is 6.48. The third kappa shape index (κ3) is 2.15. The van der Waals surface area contributed by atoms with Crippen molar-refractivity contribution in [3.8, 4) is 0 Å². The van der Waals surface area contributed by atoms with Crippen LogP contribution in [-0.2, 0) is 12.8 Å². The van der Waals surface area contributed by atoms with Crippen molar-refractivity contribution >= 4 is 27.3 Å². The number of aryl methyl sites for hydroxylation is 1. The molecule has 1 aliphatic rings. The van der Waals surface area contributed by atoms with E-state index in [-0.39, 0.29) is 6.04 Å². The minimum absolute atomic E-state index is 0.153. The number of benzene rings is 1. The highest BCUT2D eigenvalue weighted by Gasteiger charge is 2.28. The summed E-state index contributed by atoms with van der Waals surface area (Å²) in [6.07, 6.45) is 2.23. The van der Waals surface area contributed by atoms with E-state index in [1.807, 2.05) is 0 Å². The van der Waals surface area contributed by atoms with Gasteiger partial charge in [-0.3, -0.25) is 0 Å². The van der Waals surface area contributed by atoms with E-state index in [0.29, 0.717) is 5.92 Å². The number of rotatable bonds is 2. The van der Waals surface area contributed by atoms with Crippen molar-refractivity contribution in [3.05, 3.63) is 55.7 Å². The summed E-state index contributed by atoms with van der Waals surface area (Å²) < 4.78 is 1.18. The Bertz CT molecular complexity index is 551. The monoisotopic (exact) mass is 321 g/mol. The van der Waals surface area contributed by atoms with Gasteiger partial charge in [-0.1, -0.05) is 24.3 Å². The molecule has 1 heterocycles. The van der Waals surface area contributed by atoms with E-state index >= 15 is 0 Å². The summed E-state index contributed by atoms with van der Waals surface area (Å²) in [7, 11) is 0. The summed E-state index contributed by atoms with van der Waals surface area (Å²) in [6, 6.07) is 11.1. The van der Waals surface area contributed by atoms with Crippen molar-refractivity contribution in [2.75, 3.05) is 0 Å². The molecule has 1 atom stereocenters. The lowest BCUT2D eigenvalue weighted by Crippen LogP contribution is -2.22. The predicted molar refractivity (Wildman–Crippen MR) is 81.0 cm³/mol. The molecule has 0 fully saturated rings. The highest BCUT2D eigenvalue weighted by atomic mass is 79.9. The number of halogens is 1. The standard InChI is InChI=1S/C15H16BrNS/c1-9-13(8-14(16)18-9)15(17)12-6-10-4-2-3-5-11(10)7-12/h2-5,8,12,15H,6-7,17H2,1H3. The molecule has 1 aromatic carbocycles. The van der Waals surface area contributed by atoms with E-state index in [9.17, 15) is 0 Å². The van der Waals surface area contributed by atoms with Crippen molar-refractivity contribution in [2.24, 2.45) is 11.7 Å². The molecule has 3 heteroatoms. The summed E-state index contributed by atoms with van der Waals surface area (Å²) >= 11 is 5.33. The maximum Gasteiger partial charge on any atom is 0.0704 e. The van der Waals surface area contributed by atoms with Crippen LogP contribution in [-0.4, -0.2) is 0 Å². The molecule has 0 saturated carbocycles. The minimum atomic E-state index is 0.153. The van der Waals surface area contributed by atoms with E-state index in [0.717, 1.165) is 12.8 Å². The third-order valence-electron chi connectivity index (χ3n) is 3.88. The molecule has 0 spiro atoms. The van der Waals surface area contributed by atoms with Crippen LogP contribution in [0, 0.1) is 12.8 Å². The lowest BCUT2D eigenvalue weighted by molar-refractivity contribution is 0.453. The summed E-state index contributed by atoms with van der Waals surface area (Å²) in [5.74, 6) is 0.544. The second-order valence-electron chi connectivity index (χ2n) is 5.02. The second kappa shape index (κ2) is 4.80. The van der Waals surface area contributed by atoms with Crippen LogP contribution in [0.1, 0.15) is 27.6 Å². The first-order valence-electron chi connectivity index (χ1n) is 6.23. The Morgan fingerprint density at radius 3 is 2.39 bits per heavy atom. The molecular formula is C15H16BrNS. The first-order chi connectivity index (χ1) is 8.65. The van der Waals surface area contributed by atoms with Crippen LogP contribution in [0.2, 0.25) is 0 Å². The summed E-state index contributed by atoms with van der Waals surface area (Å²) in [4.78, 5) is 1.34. The van der Waals surface area contributed by atoms with Crippen LogP contribution in [0.4, 0.5) is 0 Å². The number of hydrogen-bond acceptors (Lipinski definition) is 2. The first-order valence-corrected chi connectivity index (χ1v) is 7.84. The number of hydrogen-bond donors (Lipinski definition) is 1. The zero-order chi connectivity index (χ0) is 12.7. The Hall–Kier alpha value is -0.640. The lowest BCUT2D eigenvalue weighted by atomic mass is 9.92. The Balaban J connectivity index is 1.84. The van der Waals surface area contributed by atoms with Gasteiger partial charge in [0, 0.05) is 10.9 Å². The van der Waals surface area contributed by atoms with Gasteiger partial charge >= 0.3 is 0 Å². The molecule has 94 valence electrons. The highest BCUT2D eigenvalue weighted by molar-refractivity contribution is 9.11. The van der Waals surface area contributed by atoms with E-state index in [1.54, 1.807) is 11.3 Å². The van der Waals surface area contributed by atoms with Gasteiger partial charge in [0.15, 0.2) is 0 Å². The molecular weight excluding hydrogens is 306 g/mol. The van der Waals surface area contributed by atoms with Gasteiger partial charge in [0.2, 0.25) is 0 Å². The van der Waals surface area contributed by atoms with Crippen molar-refractivity contribution < 1.29 is 0 Å². The van der Waals surface area contributed by atoms with Gasteiger partial charge in [-0.2, -0.15) is 0 Å². The van der Waals surface area contributed by atoms with E-state index in [4.69, 9.17) is 5.73 Å². The van der Waals surface area contributed by atoms with Gasteiger partial charge in [-0.25, -0.2) is 0 Å².